The number of aliphatic hydroxyl groups excluding tert-OH is 1. The summed E-state index contributed by atoms with van der Waals surface area (Å²) in [6, 6.07) is -1.14. The number of esters is 1. The van der Waals surface area contributed by atoms with Crippen molar-refractivity contribution in [2.75, 3.05) is 41.1 Å². The third-order valence-electron chi connectivity index (χ3n) is 17.3. The molecule has 0 aromatic carbocycles. The number of piperidine rings is 1. The summed E-state index contributed by atoms with van der Waals surface area (Å²) in [5.74, 6) is -7.85. The van der Waals surface area contributed by atoms with Crippen molar-refractivity contribution in [2.45, 2.75) is 225 Å². The first-order valence-electron chi connectivity index (χ1n) is 28.4. The molecule has 15 atom stereocenters. The molecule has 15 nitrogen and oxygen atoms in total. The highest BCUT2D eigenvalue weighted by Crippen LogP contribution is 2.39. The Morgan fingerprint density at radius 1 is 0.842 bits per heavy atom. The SMILES string of the molecule is CO[C@H]1C[C@@H]2CC[C@@H](C)[C@@](O)(O2)C(=O)C(=O)N2CCCC[C@H]2C(=O)O[C@H](C(C)C[C@@H]2CC[C@@H](OCCCO[Si](C)(C)C(C)(C)C)[C@H](OC)C2)CC(=O)[C@H](C)/C=C(\C)[C@@H](O)[C@@H](OC)C(=O)[C@H](C)C[C@H](C)/C=C/C=CC=C1C. The number of cyclic esters (lactones) is 1. The Morgan fingerprint density at radius 2 is 1.55 bits per heavy atom. The lowest BCUT2D eigenvalue weighted by Crippen LogP contribution is -2.61. The number of amides is 1. The molecule has 2 bridgehead atoms. The predicted octanol–water partition coefficient (Wildman–Crippen LogP) is 9.62. The lowest BCUT2D eigenvalue weighted by molar-refractivity contribution is -0.265. The van der Waals surface area contributed by atoms with Gasteiger partial charge >= 0.3 is 5.97 Å². The monoisotopic (exact) mass is 1090 g/mol. The van der Waals surface area contributed by atoms with E-state index in [-0.39, 0.29) is 66.0 Å². The number of ether oxygens (including phenoxy) is 6. The van der Waals surface area contributed by atoms with E-state index in [9.17, 15) is 34.2 Å². The molecule has 2 saturated heterocycles. The standard InChI is InChI=1S/C60H99NO14Si/c1-38-22-17-16-18-23-39(2)50(69-11)36-46-27-25-44(7)60(68,75-46)56(65)57(66)61-29-20-19-24-47(61)58(67)74-51(37-48(62)40(3)33-43(6)54(64)55(71-13)53(63)42(5)32-38)41(4)34-45-26-28-49(52(35-45)70-12)72-30-21-31-73-76(14,15)59(8,9)10/h16-18,22-23,33,38,40-42,44-47,49-52,54-55,64,68H,19-21,24-32,34-37H2,1-15H3/b18-16?,22-17+,39-23?,43-33+/t38-,40-,41?,42-,44-,45+,46+,47+,49-,50+,51+,52-,54-,55+,60-/m1/s1. The zero-order valence-electron chi connectivity index (χ0n) is 49.1. The molecule has 1 amide bonds. The maximum absolute atomic E-state index is 14.6. The molecule has 0 spiro atoms. The van der Waals surface area contributed by atoms with Gasteiger partial charge in [-0.15, -0.1) is 0 Å². The summed E-state index contributed by atoms with van der Waals surface area (Å²) in [5, 5.41) is 23.7. The minimum atomic E-state index is -2.43. The number of fused-ring (bicyclic) bond motifs is 3. The number of carbonyl (C=O) groups is 5. The van der Waals surface area contributed by atoms with Gasteiger partial charge in [0, 0.05) is 71.7 Å². The van der Waals surface area contributed by atoms with Gasteiger partial charge in [-0.2, -0.15) is 0 Å². The van der Waals surface area contributed by atoms with Crippen molar-refractivity contribution < 1.29 is 67.0 Å². The normalized spacial score (nSPS) is 35.7. The molecule has 432 valence electrons. The maximum Gasteiger partial charge on any atom is 0.329 e. The van der Waals surface area contributed by atoms with Gasteiger partial charge in [-0.05, 0) is 132 Å². The summed E-state index contributed by atoms with van der Waals surface area (Å²) in [4.78, 5) is 72.8. The van der Waals surface area contributed by atoms with E-state index in [0.717, 1.165) is 24.8 Å². The van der Waals surface area contributed by atoms with Crippen LogP contribution in [0.15, 0.2) is 47.6 Å². The van der Waals surface area contributed by atoms with Gasteiger partial charge in [0.15, 0.2) is 14.1 Å². The largest absolute Gasteiger partial charge is 0.460 e. The summed E-state index contributed by atoms with van der Waals surface area (Å²) in [5.41, 5.74) is 1.28. The summed E-state index contributed by atoms with van der Waals surface area (Å²) in [7, 11) is 2.81. The molecular weight excluding hydrogens is 987 g/mol. The molecular formula is C60H99NO14Si. The molecule has 3 heterocycles. The third kappa shape index (κ3) is 17.9. The topological polar surface area (TPSA) is 194 Å². The predicted molar refractivity (Wildman–Crippen MR) is 297 cm³/mol. The zero-order chi connectivity index (χ0) is 56.7. The number of nitrogens with zero attached hydrogens (tertiary/aromatic N) is 1. The highest BCUT2D eigenvalue weighted by atomic mass is 28.4. The van der Waals surface area contributed by atoms with Crippen LogP contribution in [0, 0.1) is 35.5 Å². The van der Waals surface area contributed by atoms with Crippen LogP contribution in [0.25, 0.3) is 0 Å². The highest BCUT2D eigenvalue weighted by Gasteiger charge is 2.53. The second kappa shape index (κ2) is 29.9. The Balaban J connectivity index is 1.64. The summed E-state index contributed by atoms with van der Waals surface area (Å²) in [6.45, 7) is 25.3. The van der Waals surface area contributed by atoms with E-state index >= 15 is 0 Å². The number of ketones is 3. The number of methoxy groups -OCH3 is 3. The van der Waals surface area contributed by atoms with Crippen LogP contribution in [0.4, 0.5) is 0 Å². The molecule has 3 fully saturated rings. The Kier molecular flexibility index (Phi) is 25.7. The number of hydrogen-bond donors (Lipinski definition) is 2. The van der Waals surface area contributed by atoms with Crippen molar-refractivity contribution in [1.29, 1.82) is 0 Å². The number of allylic oxidation sites excluding steroid dienone is 6. The van der Waals surface area contributed by atoms with Crippen molar-refractivity contribution in [3.05, 3.63) is 47.6 Å². The summed E-state index contributed by atoms with van der Waals surface area (Å²) in [6.07, 6.45) is 13.3. The first kappa shape index (κ1) is 65.3. The van der Waals surface area contributed by atoms with Crippen LogP contribution in [0.3, 0.4) is 0 Å². The van der Waals surface area contributed by atoms with E-state index in [2.05, 4.69) is 33.9 Å². The fourth-order valence-electron chi connectivity index (χ4n) is 11.1. The molecule has 0 radical (unpaired) electrons. The van der Waals surface area contributed by atoms with Gasteiger partial charge in [0.2, 0.25) is 5.79 Å². The van der Waals surface area contributed by atoms with Crippen LogP contribution in [0.5, 0.6) is 0 Å². The molecule has 3 aliphatic heterocycles. The van der Waals surface area contributed by atoms with E-state index in [1.54, 1.807) is 41.1 Å². The first-order valence-corrected chi connectivity index (χ1v) is 31.3. The average Bonchev–Trinajstić information content (AvgIpc) is 3.37. The quantitative estimate of drug-likeness (QED) is 0.0617. The fourth-order valence-corrected chi connectivity index (χ4v) is 12.2. The van der Waals surface area contributed by atoms with E-state index in [1.807, 2.05) is 58.1 Å². The van der Waals surface area contributed by atoms with Gasteiger partial charge in [0.25, 0.3) is 11.7 Å². The summed E-state index contributed by atoms with van der Waals surface area (Å²) < 4.78 is 42.9. The van der Waals surface area contributed by atoms with Gasteiger partial charge < -0.3 is 48.0 Å². The number of carbonyl (C=O) groups excluding carboxylic acids is 5. The van der Waals surface area contributed by atoms with Crippen molar-refractivity contribution in [2.24, 2.45) is 35.5 Å². The molecule has 16 heteroatoms. The molecule has 4 aliphatic rings. The van der Waals surface area contributed by atoms with Crippen molar-refractivity contribution >= 4 is 37.5 Å². The molecule has 1 aliphatic carbocycles. The molecule has 0 aromatic rings. The Morgan fingerprint density at radius 3 is 2.21 bits per heavy atom. The smallest absolute Gasteiger partial charge is 0.329 e. The molecule has 76 heavy (non-hydrogen) atoms. The van der Waals surface area contributed by atoms with Crippen LogP contribution in [-0.4, -0.2) is 148 Å². The van der Waals surface area contributed by atoms with Gasteiger partial charge in [-0.1, -0.05) is 91.8 Å². The highest BCUT2D eigenvalue weighted by molar-refractivity contribution is 6.74. The van der Waals surface area contributed by atoms with E-state index < -0.39 is 86.1 Å². The van der Waals surface area contributed by atoms with E-state index in [1.165, 1.54) is 12.0 Å². The van der Waals surface area contributed by atoms with Crippen LogP contribution in [0.1, 0.15) is 153 Å². The van der Waals surface area contributed by atoms with Crippen LogP contribution >= 0.6 is 0 Å². The molecule has 1 unspecified atom stereocenters. The summed E-state index contributed by atoms with van der Waals surface area (Å²) >= 11 is 0. The Bertz CT molecular complexity index is 2040. The van der Waals surface area contributed by atoms with Gasteiger partial charge in [-0.25, -0.2) is 4.79 Å². The van der Waals surface area contributed by atoms with Crippen molar-refractivity contribution in [3.63, 3.8) is 0 Å². The molecule has 2 N–H and O–H groups in total. The average molecular weight is 1090 g/mol. The third-order valence-corrected chi connectivity index (χ3v) is 21.9. The van der Waals surface area contributed by atoms with Crippen LogP contribution in [-0.2, 0) is 56.8 Å². The Hall–Kier alpha value is -3.19. The lowest BCUT2D eigenvalue weighted by atomic mass is 9.78. The van der Waals surface area contributed by atoms with Crippen molar-refractivity contribution in [3.8, 4) is 0 Å². The second-order valence-corrected chi connectivity index (χ2v) is 29.2. The fraction of sp³-hybridized carbons (Fsp3) is 0.783. The molecule has 1 saturated carbocycles. The van der Waals surface area contributed by atoms with E-state index in [0.29, 0.717) is 70.2 Å². The van der Waals surface area contributed by atoms with E-state index in [4.69, 9.17) is 32.8 Å². The number of rotatable bonds is 12. The van der Waals surface area contributed by atoms with Crippen molar-refractivity contribution in [1.82, 2.24) is 4.90 Å². The molecule has 4 rings (SSSR count). The van der Waals surface area contributed by atoms with Gasteiger partial charge in [0.1, 0.15) is 30.1 Å². The minimum Gasteiger partial charge on any atom is -0.460 e. The zero-order valence-corrected chi connectivity index (χ0v) is 50.1. The van der Waals surface area contributed by atoms with Crippen LogP contribution < -0.4 is 0 Å². The van der Waals surface area contributed by atoms with Gasteiger partial charge in [-0.3, -0.25) is 19.2 Å². The van der Waals surface area contributed by atoms with Crippen LogP contribution in [0.2, 0.25) is 18.1 Å². The lowest BCUT2D eigenvalue weighted by Gasteiger charge is -2.42. The first-order chi connectivity index (χ1) is 35.7. The maximum atomic E-state index is 14.6. The second-order valence-electron chi connectivity index (χ2n) is 24.4. The van der Waals surface area contributed by atoms with Gasteiger partial charge in [0.05, 0.1) is 24.4 Å². The number of Topliss-reactive ketones (excluding diaryl/α,β-unsaturated/α-hetero) is 3. The molecule has 0 aromatic heterocycles. The number of aliphatic hydroxyl groups is 2. The Labute approximate surface area is 457 Å². The number of hydrogen-bond acceptors (Lipinski definition) is 14. The minimum absolute atomic E-state index is 0.0172.